The van der Waals surface area contributed by atoms with E-state index in [1.807, 2.05) is 29.8 Å². The van der Waals surface area contributed by atoms with Gasteiger partial charge in [-0.25, -0.2) is 5.10 Å². The topological polar surface area (TPSA) is 83.6 Å². The van der Waals surface area contributed by atoms with E-state index in [0.29, 0.717) is 17.2 Å². The number of hydrogen-bond donors (Lipinski definition) is 2. The zero-order valence-corrected chi connectivity index (χ0v) is 11.4. The summed E-state index contributed by atoms with van der Waals surface area (Å²) >= 11 is 1.61. The summed E-state index contributed by atoms with van der Waals surface area (Å²) in [5, 5.41) is 12.9. The van der Waals surface area contributed by atoms with Crippen LogP contribution in [0.3, 0.4) is 0 Å². The lowest BCUT2D eigenvalue weighted by Gasteiger charge is -2.06. The van der Waals surface area contributed by atoms with Crippen molar-refractivity contribution in [3.63, 3.8) is 0 Å². The zero-order chi connectivity index (χ0) is 13.9. The molecule has 3 heterocycles. The van der Waals surface area contributed by atoms with Crippen LogP contribution >= 0.6 is 11.3 Å². The maximum Gasteiger partial charge on any atom is 0.259 e. The Kier molecular flexibility index (Phi) is 3.26. The molecule has 7 heteroatoms. The molecule has 0 aliphatic carbocycles. The third-order valence-corrected chi connectivity index (χ3v) is 3.48. The van der Waals surface area contributed by atoms with Crippen molar-refractivity contribution in [2.24, 2.45) is 0 Å². The number of rotatable bonds is 3. The number of nitrogens with zero attached hydrogens (tertiary/aromatic N) is 3. The first-order chi connectivity index (χ1) is 9.74. The maximum absolute atomic E-state index is 12.1. The van der Waals surface area contributed by atoms with E-state index < -0.39 is 0 Å². The highest BCUT2D eigenvalue weighted by Crippen LogP contribution is 2.21. The first-order valence-corrected chi connectivity index (χ1v) is 6.85. The lowest BCUT2D eigenvalue weighted by atomic mass is 10.1. The Bertz CT molecular complexity index is 721. The van der Waals surface area contributed by atoms with E-state index >= 15 is 0 Å². The van der Waals surface area contributed by atoms with Crippen molar-refractivity contribution in [3.8, 4) is 11.3 Å². The second-order valence-electron chi connectivity index (χ2n) is 4.13. The molecule has 0 aliphatic heterocycles. The number of nitrogens with one attached hydrogen (secondary N) is 2. The summed E-state index contributed by atoms with van der Waals surface area (Å²) in [4.78, 5) is 20.4. The van der Waals surface area contributed by atoms with E-state index in [2.05, 4.69) is 25.5 Å². The molecule has 0 saturated carbocycles. The fourth-order valence-corrected chi connectivity index (χ4v) is 2.46. The van der Waals surface area contributed by atoms with Crippen LogP contribution in [0, 0.1) is 6.92 Å². The number of aryl methyl sites for hydroxylation is 1. The summed E-state index contributed by atoms with van der Waals surface area (Å²) < 4.78 is 0. The number of H-pyrrole nitrogens is 1. The number of aromatic nitrogens is 4. The largest absolute Gasteiger partial charge is 0.291 e. The van der Waals surface area contributed by atoms with Gasteiger partial charge < -0.3 is 0 Å². The number of hydrogen-bond acceptors (Lipinski definition) is 5. The van der Waals surface area contributed by atoms with Crippen LogP contribution in [0.15, 0.2) is 35.3 Å². The van der Waals surface area contributed by atoms with Crippen molar-refractivity contribution >= 4 is 23.2 Å². The van der Waals surface area contributed by atoms with Crippen molar-refractivity contribution in [2.75, 3.05) is 5.32 Å². The molecule has 6 nitrogen and oxygen atoms in total. The van der Waals surface area contributed by atoms with E-state index in [-0.39, 0.29) is 5.91 Å². The van der Waals surface area contributed by atoms with Crippen LogP contribution in [-0.4, -0.2) is 26.1 Å². The molecule has 0 spiro atoms. The average molecular weight is 285 g/mol. The Hall–Kier alpha value is -2.54. The van der Waals surface area contributed by atoms with Gasteiger partial charge in [-0.15, -0.1) is 0 Å². The Labute approximate surface area is 118 Å². The Morgan fingerprint density at radius 1 is 1.35 bits per heavy atom. The fraction of sp³-hybridized carbons (Fsp3) is 0.0769. The van der Waals surface area contributed by atoms with Gasteiger partial charge in [0.25, 0.3) is 5.91 Å². The second-order valence-corrected chi connectivity index (χ2v) is 4.91. The normalized spacial score (nSPS) is 10.4. The first-order valence-electron chi connectivity index (χ1n) is 5.91. The van der Waals surface area contributed by atoms with Gasteiger partial charge >= 0.3 is 0 Å². The predicted octanol–water partition coefficient (Wildman–Crippen LogP) is 2.49. The van der Waals surface area contributed by atoms with Crippen molar-refractivity contribution in [3.05, 3.63) is 46.5 Å². The van der Waals surface area contributed by atoms with Crippen LogP contribution in [0.1, 0.15) is 16.1 Å². The molecule has 3 aromatic heterocycles. The van der Waals surface area contributed by atoms with E-state index in [1.54, 1.807) is 17.4 Å². The number of thiophene rings is 1. The molecule has 3 aromatic rings. The summed E-state index contributed by atoms with van der Waals surface area (Å²) in [5.41, 5.74) is 3.10. The predicted molar refractivity (Wildman–Crippen MR) is 76.6 cm³/mol. The van der Waals surface area contributed by atoms with Crippen LogP contribution in [0.2, 0.25) is 0 Å². The van der Waals surface area contributed by atoms with Gasteiger partial charge in [0.15, 0.2) is 0 Å². The maximum atomic E-state index is 12.1. The monoisotopic (exact) mass is 285 g/mol. The quantitative estimate of drug-likeness (QED) is 0.774. The Balaban J connectivity index is 1.86. The van der Waals surface area contributed by atoms with Gasteiger partial charge in [-0.3, -0.25) is 15.1 Å². The van der Waals surface area contributed by atoms with Crippen LogP contribution in [0.5, 0.6) is 0 Å². The molecule has 2 N–H and O–H groups in total. The average Bonchev–Trinajstić information content (AvgIpc) is 3.11. The van der Waals surface area contributed by atoms with Crippen LogP contribution in [0.25, 0.3) is 11.3 Å². The standard InChI is InChI=1S/C13H11N5OS/c1-8-10(12(19)17-13-14-7-15-18-13)2-3-11(16-8)9-4-5-20-6-9/h2-7H,1H3,(H2,14,15,17,18,19). The highest BCUT2D eigenvalue weighted by molar-refractivity contribution is 7.08. The zero-order valence-electron chi connectivity index (χ0n) is 10.6. The number of carbonyl (C=O) groups is 1. The van der Waals surface area contributed by atoms with E-state index in [1.165, 1.54) is 6.33 Å². The molecular formula is C13H11N5OS. The molecular weight excluding hydrogens is 274 g/mol. The molecule has 0 aromatic carbocycles. The number of carbonyl (C=O) groups excluding carboxylic acids is 1. The van der Waals surface area contributed by atoms with E-state index in [4.69, 9.17) is 0 Å². The Morgan fingerprint density at radius 3 is 2.90 bits per heavy atom. The highest BCUT2D eigenvalue weighted by atomic mass is 32.1. The number of anilines is 1. The lowest BCUT2D eigenvalue weighted by Crippen LogP contribution is -2.15. The van der Waals surface area contributed by atoms with E-state index in [9.17, 15) is 4.79 Å². The minimum absolute atomic E-state index is 0.261. The van der Waals surface area contributed by atoms with Gasteiger partial charge in [0.2, 0.25) is 5.95 Å². The number of amides is 1. The van der Waals surface area contributed by atoms with Gasteiger partial charge in [-0.05, 0) is 30.5 Å². The van der Waals surface area contributed by atoms with Crippen molar-refractivity contribution < 1.29 is 4.79 Å². The molecule has 3 rings (SSSR count). The smallest absolute Gasteiger partial charge is 0.259 e. The lowest BCUT2D eigenvalue weighted by molar-refractivity contribution is 0.102. The molecule has 0 fully saturated rings. The van der Waals surface area contributed by atoms with Gasteiger partial charge in [-0.1, -0.05) is 0 Å². The third-order valence-electron chi connectivity index (χ3n) is 2.79. The molecule has 0 bridgehead atoms. The van der Waals surface area contributed by atoms with E-state index in [0.717, 1.165) is 11.3 Å². The van der Waals surface area contributed by atoms with Gasteiger partial charge in [0.1, 0.15) is 6.33 Å². The summed E-state index contributed by atoms with van der Waals surface area (Å²) in [6.07, 6.45) is 1.33. The molecule has 20 heavy (non-hydrogen) atoms. The molecule has 0 saturated heterocycles. The summed E-state index contributed by atoms with van der Waals surface area (Å²) in [6, 6.07) is 5.60. The van der Waals surface area contributed by atoms with Crippen LogP contribution in [0.4, 0.5) is 5.95 Å². The summed E-state index contributed by atoms with van der Waals surface area (Å²) in [7, 11) is 0. The van der Waals surface area contributed by atoms with Crippen LogP contribution < -0.4 is 5.32 Å². The minimum atomic E-state index is -0.261. The van der Waals surface area contributed by atoms with Crippen molar-refractivity contribution in [1.82, 2.24) is 20.2 Å². The molecule has 1 amide bonds. The number of aromatic amines is 1. The van der Waals surface area contributed by atoms with Crippen molar-refractivity contribution in [1.29, 1.82) is 0 Å². The minimum Gasteiger partial charge on any atom is -0.291 e. The second kappa shape index (κ2) is 5.22. The highest BCUT2D eigenvalue weighted by Gasteiger charge is 2.12. The van der Waals surface area contributed by atoms with Gasteiger partial charge in [0, 0.05) is 10.9 Å². The molecule has 100 valence electrons. The molecule has 0 radical (unpaired) electrons. The van der Waals surface area contributed by atoms with Gasteiger partial charge in [-0.2, -0.15) is 21.4 Å². The summed E-state index contributed by atoms with van der Waals surface area (Å²) in [6.45, 7) is 1.81. The molecule has 0 unspecified atom stereocenters. The summed E-state index contributed by atoms with van der Waals surface area (Å²) in [5.74, 6) is 0.0555. The first kappa shape index (κ1) is 12.5. The van der Waals surface area contributed by atoms with Gasteiger partial charge in [0.05, 0.1) is 17.0 Å². The Morgan fingerprint density at radius 2 is 2.25 bits per heavy atom. The van der Waals surface area contributed by atoms with Crippen LogP contribution in [-0.2, 0) is 0 Å². The van der Waals surface area contributed by atoms with Crippen molar-refractivity contribution in [2.45, 2.75) is 6.92 Å². The molecule has 0 aliphatic rings. The fourth-order valence-electron chi connectivity index (χ4n) is 1.81. The SMILES string of the molecule is Cc1nc(-c2ccsc2)ccc1C(=O)Nc1ncn[nH]1. The number of pyridine rings is 1. The molecule has 0 atom stereocenters. The third kappa shape index (κ3) is 2.43.